The third-order valence-electron chi connectivity index (χ3n) is 12.3. The van der Waals surface area contributed by atoms with Crippen LogP contribution in [0, 0.1) is 5.92 Å². The average Bonchev–Trinajstić information content (AvgIpc) is 2.31. The number of carboxylic acids is 1. The highest BCUT2D eigenvalue weighted by molar-refractivity contribution is 6.38. The number of ketones is 1. The van der Waals surface area contributed by atoms with E-state index in [-0.39, 0.29) is 59.0 Å². The number of amides is 12. The third-order valence-corrected chi connectivity index (χ3v) is 12.3. The standard InChI is InChI=1S/C27H43N5O9.C19H18N2O5.C12H12N2O5/c1-9-12-17(21(34)23(36)28-13-10-2)29-22(35)18-14-31(15-19(33)40-11-3)26(39)32(18)24(37)20(16(4)5)30-25(38)41-27(6,7)8;22-17(25-12-14-7-3-1-4-8-14)16-11-20-18(23)21(16)19(24)26-13-15-9-5-2-6-10-15;15-10(16)9-6-13-11(17)14(9)12(18)19-7-8-4-2-1-3-5-8/h10,16-18,20H,2,9,11-15H2,1,3-8H3,(H,28,36)(H,29,35)(H,30,38);1-10,16H,11-13H2,(H,20,23);1-5,9H,6-7H2,(H,13,17)(H,15,16)/t;16-;9-/m.00/s1. The smallest absolute Gasteiger partial charge is 0.419 e. The van der Waals surface area contributed by atoms with E-state index >= 15 is 0 Å². The van der Waals surface area contributed by atoms with Gasteiger partial charge in [0.25, 0.3) is 11.8 Å². The summed E-state index contributed by atoms with van der Waals surface area (Å²) in [7, 11) is 0. The number of rotatable bonds is 22. The summed E-state index contributed by atoms with van der Waals surface area (Å²) in [5, 5.41) is 20.9. The molecule has 0 radical (unpaired) electrons. The summed E-state index contributed by atoms with van der Waals surface area (Å²) >= 11 is 0. The Hall–Kier alpha value is -9.89. The van der Waals surface area contributed by atoms with Crippen LogP contribution in [0.5, 0.6) is 0 Å². The third kappa shape index (κ3) is 20.8. The van der Waals surface area contributed by atoms with Gasteiger partial charge in [-0.3, -0.25) is 24.0 Å². The summed E-state index contributed by atoms with van der Waals surface area (Å²) in [6.07, 6.45) is -0.818. The van der Waals surface area contributed by atoms with Crippen molar-refractivity contribution in [3.05, 3.63) is 120 Å². The first-order valence-electron chi connectivity index (χ1n) is 27.3. The van der Waals surface area contributed by atoms with Gasteiger partial charge in [-0.25, -0.2) is 53.1 Å². The van der Waals surface area contributed by atoms with Crippen LogP contribution in [0.1, 0.15) is 78.0 Å². The van der Waals surface area contributed by atoms with Gasteiger partial charge >= 0.3 is 54.3 Å². The van der Waals surface area contributed by atoms with Crippen LogP contribution < -0.4 is 26.6 Å². The zero-order chi connectivity index (χ0) is 63.7. The van der Waals surface area contributed by atoms with Gasteiger partial charge < -0.3 is 60.3 Å². The van der Waals surface area contributed by atoms with Crippen molar-refractivity contribution in [1.29, 1.82) is 0 Å². The first-order chi connectivity index (χ1) is 40.8. The lowest BCUT2D eigenvalue weighted by atomic mass is 10.0. The Morgan fingerprint density at radius 3 is 1.63 bits per heavy atom. The molecule has 3 aromatic carbocycles. The van der Waals surface area contributed by atoms with E-state index in [4.69, 9.17) is 28.8 Å². The Balaban J connectivity index is 0.000000298. The predicted octanol–water partition coefficient (Wildman–Crippen LogP) is 4.15. The van der Waals surface area contributed by atoms with Gasteiger partial charge in [0, 0.05) is 6.54 Å². The molecular weight excluding hydrogens is 1130 g/mol. The molecule has 12 amide bonds. The number of carbonyl (C=O) groups is 13. The van der Waals surface area contributed by atoms with Gasteiger partial charge in [0.2, 0.25) is 11.7 Å². The summed E-state index contributed by atoms with van der Waals surface area (Å²) in [6, 6.07) is 18.5. The molecule has 28 nitrogen and oxygen atoms in total. The molecule has 3 aliphatic rings. The Morgan fingerprint density at radius 2 is 1.17 bits per heavy atom. The molecule has 3 unspecified atom stereocenters. The average molecular weight is 1200 g/mol. The number of hydrogen-bond donors (Lipinski definition) is 6. The molecule has 0 bridgehead atoms. The van der Waals surface area contributed by atoms with E-state index in [2.05, 4.69) is 33.2 Å². The monoisotopic (exact) mass is 1200 g/mol. The molecule has 0 aliphatic carbocycles. The van der Waals surface area contributed by atoms with Crippen LogP contribution in [-0.2, 0) is 77.1 Å². The topological polar surface area (TPSA) is 361 Å². The van der Waals surface area contributed by atoms with Crippen LogP contribution >= 0.6 is 0 Å². The molecule has 3 aromatic rings. The summed E-state index contributed by atoms with van der Waals surface area (Å²) in [4.78, 5) is 164. The highest BCUT2D eigenvalue weighted by Gasteiger charge is 2.49. The molecule has 3 fully saturated rings. The summed E-state index contributed by atoms with van der Waals surface area (Å²) < 4.78 is 25.5. The van der Waals surface area contributed by atoms with E-state index < -0.39 is 126 Å². The Bertz CT molecular complexity index is 2910. The minimum absolute atomic E-state index is 0.00705. The van der Waals surface area contributed by atoms with Crippen LogP contribution in [0.4, 0.5) is 28.8 Å². The second-order valence-corrected chi connectivity index (χ2v) is 20.4. The number of hydrogen-bond acceptors (Lipinski definition) is 18. The molecule has 6 rings (SSSR count). The van der Waals surface area contributed by atoms with Crippen molar-refractivity contribution in [2.75, 3.05) is 39.3 Å². The number of alkyl carbamates (subject to hydrolysis) is 1. The lowest BCUT2D eigenvalue weighted by molar-refractivity contribution is -0.149. The van der Waals surface area contributed by atoms with Crippen molar-refractivity contribution < 1.29 is 91.1 Å². The summed E-state index contributed by atoms with van der Waals surface area (Å²) in [5.74, 6) is -6.83. The summed E-state index contributed by atoms with van der Waals surface area (Å²) in [6.45, 7) is 14.1. The van der Waals surface area contributed by atoms with E-state index in [1.807, 2.05) is 54.6 Å². The van der Waals surface area contributed by atoms with Crippen molar-refractivity contribution in [3.8, 4) is 0 Å². The molecule has 0 spiro atoms. The number of aliphatic carboxylic acids is 1. The van der Waals surface area contributed by atoms with E-state index in [0.717, 1.165) is 26.5 Å². The largest absolute Gasteiger partial charge is 0.480 e. The fraction of sp³-hybridized carbons (Fsp3) is 0.431. The minimum Gasteiger partial charge on any atom is -0.480 e. The highest BCUT2D eigenvalue weighted by atomic mass is 16.6. The Kier molecular flexibility index (Phi) is 26.7. The number of imide groups is 3. The molecular formula is C58H73N9O19. The molecule has 0 aromatic heterocycles. The fourth-order valence-electron chi connectivity index (χ4n) is 8.14. The molecule has 464 valence electrons. The second-order valence-electron chi connectivity index (χ2n) is 20.4. The lowest BCUT2D eigenvalue weighted by Crippen LogP contribution is -2.59. The van der Waals surface area contributed by atoms with E-state index in [1.165, 1.54) is 6.08 Å². The zero-order valence-electron chi connectivity index (χ0n) is 48.8. The number of Topliss-reactive ketones (excluding diaryl/α,β-unsaturated/α-hetero) is 1. The molecule has 3 heterocycles. The molecule has 3 saturated heterocycles. The van der Waals surface area contributed by atoms with Crippen LogP contribution in [0.3, 0.4) is 0 Å². The predicted molar refractivity (Wildman–Crippen MR) is 302 cm³/mol. The maximum absolute atomic E-state index is 13.7. The molecule has 6 N–H and O–H groups in total. The maximum Gasteiger partial charge on any atom is 0.419 e. The normalized spacial score (nSPS) is 16.7. The van der Waals surface area contributed by atoms with Crippen LogP contribution in [0.2, 0.25) is 0 Å². The van der Waals surface area contributed by atoms with E-state index in [9.17, 15) is 62.3 Å². The van der Waals surface area contributed by atoms with Crippen molar-refractivity contribution in [2.45, 2.75) is 117 Å². The van der Waals surface area contributed by atoms with Crippen LogP contribution in [0.15, 0.2) is 104 Å². The van der Waals surface area contributed by atoms with Crippen molar-refractivity contribution in [2.24, 2.45) is 5.92 Å². The number of benzene rings is 3. The Labute approximate surface area is 496 Å². The number of urea groups is 3. The van der Waals surface area contributed by atoms with Crippen molar-refractivity contribution in [3.63, 3.8) is 0 Å². The second kappa shape index (κ2) is 33.4. The van der Waals surface area contributed by atoms with Gasteiger partial charge in [-0.15, -0.1) is 6.58 Å². The zero-order valence-corrected chi connectivity index (χ0v) is 48.8. The van der Waals surface area contributed by atoms with Gasteiger partial charge in [0.15, 0.2) is 12.1 Å². The SMILES string of the molecule is C=CCNC(=O)C(=O)C(CCC)NC(=O)C1CN(CC(=O)OCC)C(=O)N1C(=O)C(NC(=O)OC(C)(C)C)C(C)C.O=C(O)[C@@H]1CNC(=O)N1C(=O)OCc1ccccc1.O=C(OCc1ccccc1)[C@@H]1CNC(=O)N1C(=O)OCc1ccccc1. The number of carboxylic acid groups (broad SMARTS) is 1. The number of carbonyl (C=O) groups excluding carboxylic acids is 12. The van der Waals surface area contributed by atoms with Gasteiger partial charge in [0.1, 0.15) is 44.1 Å². The minimum atomic E-state index is -1.48. The van der Waals surface area contributed by atoms with Gasteiger partial charge in [-0.05, 0) is 56.7 Å². The molecule has 28 heteroatoms. The van der Waals surface area contributed by atoms with Crippen molar-refractivity contribution >= 4 is 77.8 Å². The van der Waals surface area contributed by atoms with Gasteiger partial charge in [-0.2, -0.15) is 0 Å². The van der Waals surface area contributed by atoms with E-state index in [0.29, 0.717) is 16.2 Å². The molecule has 5 atom stereocenters. The number of nitrogens with one attached hydrogen (secondary N) is 5. The maximum atomic E-state index is 13.7. The number of nitrogens with zero attached hydrogens (tertiary/aromatic N) is 4. The quantitative estimate of drug-likeness (QED) is 0.0356. The first-order valence-corrected chi connectivity index (χ1v) is 27.3. The van der Waals surface area contributed by atoms with Gasteiger partial charge in [0.05, 0.1) is 32.3 Å². The molecule has 86 heavy (non-hydrogen) atoms. The fourth-order valence-corrected chi connectivity index (χ4v) is 8.14. The Morgan fingerprint density at radius 1 is 0.686 bits per heavy atom. The number of esters is 2. The number of ether oxygens (including phenoxy) is 5. The summed E-state index contributed by atoms with van der Waals surface area (Å²) in [5.41, 5.74) is 1.48. The highest BCUT2D eigenvalue weighted by Crippen LogP contribution is 2.22. The van der Waals surface area contributed by atoms with E-state index in [1.54, 1.807) is 84.9 Å². The molecule has 3 aliphatic heterocycles. The molecule has 0 saturated carbocycles. The van der Waals surface area contributed by atoms with Crippen LogP contribution in [-0.4, -0.2) is 178 Å². The van der Waals surface area contributed by atoms with Crippen molar-refractivity contribution in [1.82, 2.24) is 46.2 Å². The first kappa shape index (κ1) is 68.6. The van der Waals surface area contributed by atoms with Gasteiger partial charge in [-0.1, -0.05) is 124 Å². The lowest BCUT2D eigenvalue weighted by Gasteiger charge is -2.30. The van der Waals surface area contributed by atoms with Crippen LogP contribution in [0.25, 0.3) is 0 Å².